The Kier molecular flexibility index (Phi) is 6.29. The Hall–Kier alpha value is -1.62. The zero-order valence-corrected chi connectivity index (χ0v) is 16.0. The second-order valence-electron chi connectivity index (χ2n) is 6.37. The zero-order valence-electron chi connectivity index (χ0n) is 14.2. The third-order valence-corrected chi connectivity index (χ3v) is 5.33. The van der Waals surface area contributed by atoms with Gasteiger partial charge in [-0.25, -0.2) is 0 Å². The van der Waals surface area contributed by atoms with Gasteiger partial charge in [0.05, 0.1) is 0 Å². The van der Waals surface area contributed by atoms with Crippen LogP contribution in [-0.4, -0.2) is 11.4 Å². The van der Waals surface area contributed by atoms with Crippen molar-refractivity contribution in [3.8, 4) is 0 Å². The van der Waals surface area contributed by atoms with Crippen molar-refractivity contribution in [1.82, 2.24) is 4.90 Å². The predicted octanol–water partition coefficient (Wildman–Crippen LogP) is 4.83. The molecule has 0 saturated carbocycles. The lowest BCUT2D eigenvalue weighted by molar-refractivity contribution is 0.276. The van der Waals surface area contributed by atoms with Crippen LogP contribution in [-0.2, 0) is 13.1 Å². The van der Waals surface area contributed by atoms with E-state index >= 15 is 0 Å². The first-order valence-electron chi connectivity index (χ1n) is 8.54. The van der Waals surface area contributed by atoms with Gasteiger partial charge in [-0.2, -0.15) is 0 Å². The molecule has 2 aromatic rings. The summed E-state index contributed by atoms with van der Waals surface area (Å²) >= 11 is 9.22. The molecule has 1 aliphatic rings. The molecule has 2 N–H and O–H groups in total. The summed E-state index contributed by atoms with van der Waals surface area (Å²) in [7, 11) is 0. The molecule has 0 saturated heterocycles. The maximum atomic E-state index is 6.21. The fourth-order valence-electron chi connectivity index (χ4n) is 3.08. The fraction of sp³-hybridized carbons (Fsp3) is 0.238. The minimum absolute atomic E-state index is 0.826. The molecule has 130 valence electrons. The van der Waals surface area contributed by atoms with E-state index in [2.05, 4.69) is 66.6 Å². The molecule has 3 rings (SSSR count). The molecule has 0 fully saturated rings. The van der Waals surface area contributed by atoms with E-state index in [1.165, 1.54) is 16.7 Å². The largest absolute Gasteiger partial charge is 0.399 e. The highest BCUT2D eigenvalue weighted by Gasteiger charge is 2.15. The lowest BCUT2D eigenvalue weighted by Crippen LogP contribution is -2.27. The average Bonchev–Trinajstić information content (AvgIpc) is 2.61. The van der Waals surface area contributed by atoms with E-state index in [-0.39, 0.29) is 0 Å². The van der Waals surface area contributed by atoms with Gasteiger partial charge in [0.2, 0.25) is 0 Å². The van der Waals surface area contributed by atoms with Gasteiger partial charge in [-0.15, -0.1) is 25.3 Å². The van der Waals surface area contributed by atoms with E-state index in [1.807, 2.05) is 24.3 Å². The lowest BCUT2D eigenvalue weighted by atomic mass is 10.0. The van der Waals surface area contributed by atoms with E-state index in [0.717, 1.165) is 48.0 Å². The maximum Gasteiger partial charge on any atom is 0.0316 e. The molecule has 0 aliphatic heterocycles. The Morgan fingerprint density at radius 2 is 1.28 bits per heavy atom. The van der Waals surface area contributed by atoms with Crippen LogP contribution in [0.25, 0.3) is 0 Å². The number of benzene rings is 2. The molecule has 2 nitrogen and oxygen atoms in total. The highest BCUT2D eigenvalue weighted by molar-refractivity contribution is 7.80. The molecular weight excluding hydrogens is 344 g/mol. The average molecular weight is 369 g/mol. The van der Waals surface area contributed by atoms with E-state index < -0.39 is 0 Å². The van der Waals surface area contributed by atoms with Crippen LogP contribution in [0, 0.1) is 0 Å². The highest BCUT2D eigenvalue weighted by atomic mass is 32.1. The molecule has 2 aromatic carbocycles. The summed E-state index contributed by atoms with van der Waals surface area (Å²) in [6.45, 7) is 2.48. The Morgan fingerprint density at radius 1 is 0.760 bits per heavy atom. The molecule has 4 heteroatoms. The Balaban J connectivity index is 1.83. The first kappa shape index (κ1) is 18.2. The van der Waals surface area contributed by atoms with Crippen LogP contribution < -0.4 is 5.73 Å². The SMILES string of the molecule is NC1=CCCC=C1CN(Cc1ccccc1S)Cc1ccccc1S. The normalized spacial score (nSPS) is 14.4. The van der Waals surface area contributed by atoms with Gasteiger partial charge in [0.25, 0.3) is 0 Å². The third kappa shape index (κ3) is 4.94. The molecule has 0 atom stereocenters. The Morgan fingerprint density at radius 3 is 1.80 bits per heavy atom. The van der Waals surface area contributed by atoms with Crippen molar-refractivity contribution in [2.45, 2.75) is 35.7 Å². The van der Waals surface area contributed by atoms with Crippen molar-refractivity contribution >= 4 is 25.3 Å². The van der Waals surface area contributed by atoms with Crippen molar-refractivity contribution in [3.63, 3.8) is 0 Å². The van der Waals surface area contributed by atoms with Gasteiger partial charge in [-0.3, -0.25) is 4.90 Å². The Labute approximate surface area is 161 Å². The van der Waals surface area contributed by atoms with Crippen molar-refractivity contribution in [3.05, 3.63) is 83.1 Å². The van der Waals surface area contributed by atoms with E-state index in [0.29, 0.717) is 0 Å². The second-order valence-corrected chi connectivity index (χ2v) is 7.33. The number of hydrogen-bond donors (Lipinski definition) is 3. The smallest absolute Gasteiger partial charge is 0.0316 e. The van der Waals surface area contributed by atoms with Gasteiger partial charge >= 0.3 is 0 Å². The van der Waals surface area contributed by atoms with Crippen molar-refractivity contribution < 1.29 is 0 Å². The molecular formula is C21H24N2S2. The molecule has 25 heavy (non-hydrogen) atoms. The van der Waals surface area contributed by atoms with Crippen LogP contribution in [0.2, 0.25) is 0 Å². The van der Waals surface area contributed by atoms with Crippen molar-refractivity contribution in [2.24, 2.45) is 5.73 Å². The van der Waals surface area contributed by atoms with Crippen molar-refractivity contribution in [2.75, 3.05) is 6.54 Å². The monoisotopic (exact) mass is 368 g/mol. The maximum absolute atomic E-state index is 6.21. The van der Waals surface area contributed by atoms with Gasteiger partial charge in [0.1, 0.15) is 0 Å². The summed E-state index contributed by atoms with van der Waals surface area (Å²) in [5.41, 5.74) is 10.8. The molecule has 0 heterocycles. The van der Waals surface area contributed by atoms with Gasteiger partial charge < -0.3 is 5.73 Å². The van der Waals surface area contributed by atoms with E-state index in [1.54, 1.807) is 0 Å². The minimum Gasteiger partial charge on any atom is -0.399 e. The minimum atomic E-state index is 0.826. The third-order valence-electron chi connectivity index (χ3n) is 4.46. The first-order chi connectivity index (χ1) is 12.1. The number of nitrogens with two attached hydrogens (primary N) is 1. The standard InChI is InChI=1S/C21H24N2S2/c22-19-10-4-1-7-16(19)13-23(14-17-8-2-5-11-20(17)24)15-18-9-3-6-12-21(18)25/h2-3,5-12,24-25H,1,4,13-15,22H2. The van der Waals surface area contributed by atoms with Crippen LogP contribution in [0.1, 0.15) is 24.0 Å². The van der Waals surface area contributed by atoms with Gasteiger partial charge in [0, 0.05) is 35.1 Å². The molecule has 0 bridgehead atoms. The molecule has 0 spiro atoms. The number of nitrogens with zero attached hydrogens (tertiary/aromatic N) is 1. The quantitative estimate of drug-likeness (QED) is 0.638. The van der Waals surface area contributed by atoms with Crippen LogP contribution in [0.3, 0.4) is 0 Å². The van der Waals surface area contributed by atoms with Crippen molar-refractivity contribution in [1.29, 1.82) is 0 Å². The topological polar surface area (TPSA) is 29.3 Å². The molecule has 0 aromatic heterocycles. The molecule has 0 unspecified atom stereocenters. The lowest BCUT2D eigenvalue weighted by Gasteiger charge is -2.26. The molecule has 1 aliphatic carbocycles. The fourth-order valence-corrected chi connectivity index (χ4v) is 3.54. The summed E-state index contributed by atoms with van der Waals surface area (Å²) < 4.78 is 0. The summed E-state index contributed by atoms with van der Waals surface area (Å²) in [6, 6.07) is 16.5. The van der Waals surface area contributed by atoms with Gasteiger partial charge in [-0.05, 0) is 41.7 Å². The Bertz CT molecular complexity index is 748. The van der Waals surface area contributed by atoms with Gasteiger partial charge in [-0.1, -0.05) is 48.6 Å². The van der Waals surface area contributed by atoms with E-state index in [9.17, 15) is 0 Å². The summed E-state index contributed by atoms with van der Waals surface area (Å²) in [5.74, 6) is 0. The molecule has 0 amide bonds. The zero-order chi connectivity index (χ0) is 17.6. The summed E-state index contributed by atoms with van der Waals surface area (Å²) in [5, 5.41) is 0. The highest BCUT2D eigenvalue weighted by Crippen LogP contribution is 2.23. The van der Waals surface area contributed by atoms with Crippen LogP contribution >= 0.6 is 25.3 Å². The second kappa shape index (κ2) is 8.65. The number of allylic oxidation sites excluding steroid dienone is 2. The number of hydrogen-bond acceptors (Lipinski definition) is 4. The predicted molar refractivity (Wildman–Crippen MR) is 111 cm³/mol. The van der Waals surface area contributed by atoms with Crippen LogP contribution in [0.4, 0.5) is 0 Å². The van der Waals surface area contributed by atoms with Crippen LogP contribution in [0.15, 0.2) is 81.7 Å². The van der Waals surface area contributed by atoms with Gasteiger partial charge in [0.15, 0.2) is 0 Å². The van der Waals surface area contributed by atoms with Crippen LogP contribution in [0.5, 0.6) is 0 Å². The molecule has 0 radical (unpaired) electrons. The van der Waals surface area contributed by atoms with E-state index in [4.69, 9.17) is 5.73 Å². The summed E-state index contributed by atoms with van der Waals surface area (Å²) in [6.07, 6.45) is 6.50. The summed E-state index contributed by atoms with van der Waals surface area (Å²) in [4.78, 5) is 4.45. The first-order valence-corrected chi connectivity index (χ1v) is 9.44. The number of rotatable bonds is 6. The number of thiol groups is 2.